The molecule has 4 rings (SSSR count). The number of carbonyl (C=O) groups excluding carboxylic acids is 1. The normalized spacial score (nSPS) is 13.5. The summed E-state index contributed by atoms with van der Waals surface area (Å²) in [5.41, 5.74) is 9.28. The summed E-state index contributed by atoms with van der Waals surface area (Å²) < 4.78 is 1.94. The van der Waals surface area contributed by atoms with E-state index in [0.717, 1.165) is 27.8 Å². The first-order chi connectivity index (χ1) is 9.74. The van der Waals surface area contributed by atoms with E-state index in [4.69, 9.17) is 5.73 Å². The van der Waals surface area contributed by atoms with Gasteiger partial charge < -0.3 is 15.6 Å². The van der Waals surface area contributed by atoms with Crippen LogP contribution >= 0.6 is 0 Å². The Morgan fingerprint density at radius 2 is 2.15 bits per heavy atom. The van der Waals surface area contributed by atoms with Crippen molar-refractivity contribution in [3.8, 4) is 5.69 Å². The number of aromatic nitrogens is 3. The Bertz CT molecular complexity index is 852. The minimum atomic E-state index is -0.0181. The molecule has 0 bridgehead atoms. The lowest BCUT2D eigenvalue weighted by Gasteiger charge is -2.06. The highest BCUT2D eigenvalue weighted by Crippen LogP contribution is 2.24. The van der Waals surface area contributed by atoms with Crippen molar-refractivity contribution in [3.63, 3.8) is 0 Å². The summed E-state index contributed by atoms with van der Waals surface area (Å²) in [5, 5.41) is 3.63. The summed E-state index contributed by atoms with van der Waals surface area (Å²) in [6.45, 7) is 0.568. The molecule has 20 heavy (non-hydrogen) atoms. The molecule has 0 unspecified atom stereocenters. The van der Waals surface area contributed by atoms with E-state index in [9.17, 15) is 4.79 Å². The van der Waals surface area contributed by atoms with Gasteiger partial charge in [0.25, 0.3) is 5.91 Å². The van der Waals surface area contributed by atoms with Gasteiger partial charge in [0, 0.05) is 24.0 Å². The predicted molar refractivity (Wildman–Crippen MR) is 74.4 cm³/mol. The fourth-order valence-corrected chi connectivity index (χ4v) is 2.55. The van der Waals surface area contributed by atoms with Crippen molar-refractivity contribution in [2.45, 2.75) is 6.54 Å². The Labute approximate surface area is 114 Å². The third kappa shape index (κ3) is 1.41. The Kier molecular flexibility index (Phi) is 2.09. The molecule has 3 aromatic rings. The minimum absolute atomic E-state index is 0.0181. The van der Waals surface area contributed by atoms with Crippen LogP contribution in [0.15, 0.2) is 36.8 Å². The largest absolute Gasteiger partial charge is 0.383 e. The van der Waals surface area contributed by atoms with E-state index in [1.807, 2.05) is 35.0 Å². The second kappa shape index (κ2) is 3.80. The van der Waals surface area contributed by atoms with Crippen molar-refractivity contribution in [3.05, 3.63) is 47.9 Å². The van der Waals surface area contributed by atoms with Crippen LogP contribution in [-0.4, -0.2) is 20.4 Å². The molecule has 2 aromatic heterocycles. The third-order valence-electron chi connectivity index (χ3n) is 3.56. The topological polar surface area (TPSA) is 85.8 Å². The second-order valence-electron chi connectivity index (χ2n) is 4.71. The molecular formula is C14H11N5O. The van der Waals surface area contributed by atoms with Gasteiger partial charge in [-0.05, 0) is 29.8 Å². The molecule has 0 saturated heterocycles. The first-order valence-electron chi connectivity index (χ1n) is 6.23. The highest BCUT2D eigenvalue weighted by Gasteiger charge is 2.19. The summed E-state index contributed by atoms with van der Waals surface area (Å²) in [4.78, 5) is 19.8. The summed E-state index contributed by atoms with van der Waals surface area (Å²) in [7, 11) is 0. The molecule has 6 heteroatoms. The number of benzene rings is 1. The number of anilines is 1. The van der Waals surface area contributed by atoms with E-state index < -0.39 is 0 Å². The van der Waals surface area contributed by atoms with Gasteiger partial charge in [0.05, 0.1) is 5.39 Å². The third-order valence-corrected chi connectivity index (χ3v) is 3.56. The quantitative estimate of drug-likeness (QED) is 0.693. The van der Waals surface area contributed by atoms with Gasteiger partial charge in [0.1, 0.15) is 17.8 Å². The fraction of sp³-hybridized carbons (Fsp3) is 0.0714. The summed E-state index contributed by atoms with van der Waals surface area (Å²) in [6, 6.07) is 7.62. The molecule has 1 amide bonds. The van der Waals surface area contributed by atoms with Crippen LogP contribution < -0.4 is 11.1 Å². The van der Waals surface area contributed by atoms with Crippen LogP contribution in [0.2, 0.25) is 0 Å². The zero-order valence-electron chi connectivity index (χ0n) is 10.5. The number of amides is 1. The highest BCUT2D eigenvalue weighted by molar-refractivity contribution is 5.98. The van der Waals surface area contributed by atoms with Gasteiger partial charge >= 0.3 is 0 Å². The summed E-state index contributed by atoms with van der Waals surface area (Å²) in [6.07, 6.45) is 3.36. The number of nitrogens with zero attached hydrogens (tertiary/aromatic N) is 3. The molecule has 0 atom stereocenters. The number of nitrogens with one attached hydrogen (secondary N) is 1. The Hall–Kier alpha value is -2.89. The molecule has 1 aliphatic rings. The molecular weight excluding hydrogens is 254 g/mol. The van der Waals surface area contributed by atoms with Gasteiger partial charge in [0.15, 0.2) is 0 Å². The van der Waals surface area contributed by atoms with Crippen LogP contribution in [0.1, 0.15) is 15.9 Å². The van der Waals surface area contributed by atoms with Gasteiger partial charge in [-0.15, -0.1) is 0 Å². The average Bonchev–Trinajstić information content (AvgIpc) is 3.04. The number of hydrogen-bond acceptors (Lipinski definition) is 4. The van der Waals surface area contributed by atoms with E-state index >= 15 is 0 Å². The van der Waals surface area contributed by atoms with E-state index in [1.54, 1.807) is 0 Å². The molecule has 98 valence electrons. The van der Waals surface area contributed by atoms with Crippen LogP contribution in [-0.2, 0) is 6.54 Å². The van der Waals surface area contributed by atoms with Crippen molar-refractivity contribution in [1.29, 1.82) is 0 Å². The molecule has 1 aliphatic heterocycles. The summed E-state index contributed by atoms with van der Waals surface area (Å²) in [5.74, 6) is 0.447. The Balaban J connectivity index is 1.92. The maximum absolute atomic E-state index is 11.6. The second-order valence-corrected chi connectivity index (χ2v) is 4.71. The van der Waals surface area contributed by atoms with Crippen LogP contribution in [0.25, 0.3) is 16.7 Å². The lowest BCUT2D eigenvalue weighted by molar-refractivity contribution is 0.0966. The van der Waals surface area contributed by atoms with E-state index in [-0.39, 0.29) is 5.91 Å². The molecule has 6 nitrogen and oxygen atoms in total. The molecule has 0 saturated carbocycles. The number of carbonyl (C=O) groups is 1. The molecule has 3 heterocycles. The SMILES string of the molecule is Nc1ncnc2c1ccn2-c1ccc2c(c1)CNC2=O. The van der Waals surface area contributed by atoms with Gasteiger partial charge in [0.2, 0.25) is 0 Å². The van der Waals surface area contributed by atoms with Crippen molar-refractivity contribution in [2.75, 3.05) is 5.73 Å². The van der Waals surface area contributed by atoms with E-state index in [0.29, 0.717) is 12.4 Å². The fourth-order valence-electron chi connectivity index (χ4n) is 2.55. The van der Waals surface area contributed by atoms with E-state index in [1.165, 1.54) is 6.33 Å². The molecule has 0 fully saturated rings. The lowest BCUT2D eigenvalue weighted by Crippen LogP contribution is -2.12. The predicted octanol–water partition coefficient (Wildman–Crippen LogP) is 1.25. The lowest BCUT2D eigenvalue weighted by atomic mass is 10.1. The zero-order chi connectivity index (χ0) is 13.7. The van der Waals surface area contributed by atoms with Gasteiger partial charge in [-0.3, -0.25) is 4.79 Å². The Morgan fingerprint density at radius 1 is 1.25 bits per heavy atom. The van der Waals surface area contributed by atoms with Crippen LogP contribution in [0.5, 0.6) is 0 Å². The first-order valence-corrected chi connectivity index (χ1v) is 6.23. The zero-order valence-corrected chi connectivity index (χ0v) is 10.5. The maximum atomic E-state index is 11.6. The monoisotopic (exact) mass is 265 g/mol. The van der Waals surface area contributed by atoms with Gasteiger partial charge in [-0.25, -0.2) is 9.97 Å². The molecule has 0 radical (unpaired) electrons. The van der Waals surface area contributed by atoms with Crippen molar-refractivity contribution in [2.24, 2.45) is 0 Å². The number of hydrogen-bond donors (Lipinski definition) is 2. The van der Waals surface area contributed by atoms with Crippen LogP contribution in [0.4, 0.5) is 5.82 Å². The average molecular weight is 265 g/mol. The number of nitrogen functional groups attached to an aromatic ring is 1. The Morgan fingerprint density at radius 3 is 3.05 bits per heavy atom. The highest BCUT2D eigenvalue weighted by atomic mass is 16.1. The smallest absolute Gasteiger partial charge is 0.251 e. The van der Waals surface area contributed by atoms with Crippen LogP contribution in [0.3, 0.4) is 0 Å². The maximum Gasteiger partial charge on any atom is 0.251 e. The minimum Gasteiger partial charge on any atom is -0.383 e. The number of fused-ring (bicyclic) bond motifs is 2. The molecule has 3 N–H and O–H groups in total. The van der Waals surface area contributed by atoms with Gasteiger partial charge in [-0.1, -0.05) is 0 Å². The van der Waals surface area contributed by atoms with Crippen LogP contribution in [0, 0.1) is 0 Å². The first kappa shape index (κ1) is 11.0. The molecule has 0 spiro atoms. The van der Waals surface area contributed by atoms with Gasteiger partial charge in [-0.2, -0.15) is 0 Å². The standard InChI is InChI=1S/C14H11N5O/c15-12-11-3-4-19(13(11)18-7-17-12)9-1-2-10-8(5-9)6-16-14(10)20/h1-5,7H,6H2,(H,16,20)(H2,15,17,18). The summed E-state index contributed by atoms with van der Waals surface area (Å²) >= 11 is 0. The van der Waals surface area contributed by atoms with Crippen molar-refractivity contribution in [1.82, 2.24) is 19.9 Å². The molecule has 1 aromatic carbocycles. The number of rotatable bonds is 1. The van der Waals surface area contributed by atoms with Crippen molar-refractivity contribution >= 4 is 22.8 Å². The number of nitrogens with two attached hydrogens (primary N) is 1. The van der Waals surface area contributed by atoms with E-state index in [2.05, 4.69) is 15.3 Å². The molecule has 0 aliphatic carbocycles. The van der Waals surface area contributed by atoms with Crippen molar-refractivity contribution < 1.29 is 4.79 Å².